The van der Waals surface area contributed by atoms with Crippen molar-refractivity contribution in [2.45, 2.75) is 18.2 Å². The van der Waals surface area contributed by atoms with Crippen LogP contribution in [0.2, 0.25) is 0 Å². The van der Waals surface area contributed by atoms with Gasteiger partial charge in [-0.25, -0.2) is 0 Å². The summed E-state index contributed by atoms with van der Waals surface area (Å²) in [6, 6.07) is 31.3. The van der Waals surface area contributed by atoms with Crippen LogP contribution in [0, 0.1) is 0 Å². The Hall–Kier alpha value is -4.82. The average molecular weight is 578 g/mol. The standard InChI is InChI=1S/C34H31N3O4S/c1-2-41-28-17-15-24(16-18-28)21-30(36-33(39)26-10-4-3-5-11-26)34(40)35-27-12-8-13-29(22-27)42-23-32(38)37-20-19-25-9-6-7-14-31(25)37/h3-18,21-22H,2,19-20,23H2,1H3,(H,35,40)(H,36,39)/b30-21-. The summed E-state index contributed by atoms with van der Waals surface area (Å²) in [4.78, 5) is 42.0. The second-order valence-electron chi connectivity index (χ2n) is 9.57. The Kier molecular flexibility index (Phi) is 9.36. The van der Waals surface area contributed by atoms with E-state index in [0.717, 1.165) is 28.3 Å². The Bertz CT molecular complexity index is 1600. The molecule has 1 aliphatic heterocycles. The van der Waals surface area contributed by atoms with Crippen molar-refractivity contribution in [1.29, 1.82) is 0 Å². The molecular weight excluding hydrogens is 546 g/mol. The number of rotatable bonds is 10. The van der Waals surface area contributed by atoms with Crippen molar-refractivity contribution in [3.63, 3.8) is 0 Å². The van der Waals surface area contributed by atoms with E-state index >= 15 is 0 Å². The first-order valence-corrected chi connectivity index (χ1v) is 14.7. The summed E-state index contributed by atoms with van der Waals surface area (Å²) in [6.07, 6.45) is 2.48. The Balaban J connectivity index is 1.28. The lowest BCUT2D eigenvalue weighted by Crippen LogP contribution is -2.30. The molecule has 42 heavy (non-hydrogen) atoms. The fraction of sp³-hybridized carbons (Fsp3) is 0.147. The molecule has 0 atom stereocenters. The van der Waals surface area contributed by atoms with Crippen LogP contribution in [0.3, 0.4) is 0 Å². The summed E-state index contributed by atoms with van der Waals surface area (Å²) >= 11 is 1.42. The van der Waals surface area contributed by atoms with Crippen LogP contribution < -0.4 is 20.3 Å². The van der Waals surface area contributed by atoms with Crippen LogP contribution in [0.15, 0.2) is 114 Å². The third kappa shape index (κ3) is 7.27. The summed E-state index contributed by atoms with van der Waals surface area (Å²) in [5.74, 6) is 0.176. The number of fused-ring (bicyclic) bond motifs is 1. The van der Waals surface area contributed by atoms with Gasteiger partial charge in [-0.3, -0.25) is 14.4 Å². The van der Waals surface area contributed by atoms with Gasteiger partial charge in [-0.15, -0.1) is 11.8 Å². The van der Waals surface area contributed by atoms with E-state index in [1.807, 2.05) is 78.6 Å². The molecule has 0 aromatic heterocycles. The van der Waals surface area contributed by atoms with Gasteiger partial charge in [0.25, 0.3) is 11.8 Å². The summed E-state index contributed by atoms with van der Waals surface area (Å²) in [5.41, 5.74) is 3.97. The van der Waals surface area contributed by atoms with Gasteiger partial charge < -0.3 is 20.3 Å². The molecule has 0 bridgehead atoms. The van der Waals surface area contributed by atoms with E-state index in [-0.39, 0.29) is 17.4 Å². The van der Waals surface area contributed by atoms with Crippen molar-refractivity contribution in [1.82, 2.24) is 5.32 Å². The molecule has 4 aromatic rings. The van der Waals surface area contributed by atoms with E-state index in [9.17, 15) is 14.4 Å². The Morgan fingerprint density at radius 3 is 2.45 bits per heavy atom. The lowest BCUT2D eigenvalue weighted by atomic mass is 10.1. The van der Waals surface area contributed by atoms with Gasteiger partial charge in [0.1, 0.15) is 11.4 Å². The molecule has 5 rings (SSSR count). The highest BCUT2D eigenvalue weighted by Crippen LogP contribution is 2.29. The van der Waals surface area contributed by atoms with Crippen molar-refractivity contribution >= 4 is 46.9 Å². The molecule has 0 fully saturated rings. The minimum absolute atomic E-state index is 0.0450. The third-order valence-electron chi connectivity index (χ3n) is 6.67. The van der Waals surface area contributed by atoms with Gasteiger partial charge in [0.15, 0.2) is 0 Å². The molecular formula is C34H31N3O4S. The number of nitrogens with zero attached hydrogens (tertiary/aromatic N) is 1. The molecule has 8 heteroatoms. The zero-order valence-electron chi connectivity index (χ0n) is 23.2. The van der Waals surface area contributed by atoms with Crippen LogP contribution in [0.5, 0.6) is 5.75 Å². The molecule has 0 saturated heterocycles. The van der Waals surface area contributed by atoms with Gasteiger partial charge in [-0.05, 0) is 79.1 Å². The molecule has 1 aliphatic rings. The molecule has 1 heterocycles. The number of para-hydroxylation sites is 1. The molecule has 2 N–H and O–H groups in total. The van der Waals surface area contributed by atoms with Gasteiger partial charge in [-0.2, -0.15) is 0 Å². The van der Waals surface area contributed by atoms with Crippen molar-refractivity contribution in [2.24, 2.45) is 0 Å². The molecule has 0 unspecified atom stereocenters. The maximum atomic E-state index is 13.4. The highest BCUT2D eigenvalue weighted by Gasteiger charge is 2.24. The van der Waals surface area contributed by atoms with Crippen LogP contribution in [-0.2, 0) is 16.0 Å². The second kappa shape index (κ2) is 13.7. The summed E-state index contributed by atoms with van der Waals surface area (Å²) in [6.45, 7) is 3.15. The van der Waals surface area contributed by atoms with Crippen molar-refractivity contribution in [3.8, 4) is 5.75 Å². The maximum Gasteiger partial charge on any atom is 0.272 e. The lowest BCUT2D eigenvalue weighted by Gasteiger charge is -2.17. The first kappa shape index (κ1) is 28.7. The SMILES string of the molecule is CCOc1ccc(/C=C(\NC(=O)c2ccccc2)C(=O)Nc2cccc(SCC(=O)N3CCc4ccccc43)c2)cc1. The first-order chi connectivity index (χ1) is 20.5. The average Bonchev–Trinajstić information content (AvgIpc) is 3.45. The predicted molar refractivity (Wildman–Crippen MR) is 168 cm³/mol. The Labute approximate surface area is 249 Å². The fourth-order valence-electron chi connectivity index (χ4n) is 4.62. The smallest absolute Gasteiger partial charge is 0.272 e. The lowest BCUT2D eigenvalue weighted by molar-refractivity contribution is -0.116. The third-order valence-corrected chi connectivity index (χ3v) is 7.65. The number of nitrogens with one attached hydrogen (secondary N) is 2. The van der Waals surface area contributed by atoms with Gasteiger partial charge >= 0.3 is 0 Å². The van der Waals surface area contributed by atoms with Gasteiger partial charge in [0.05, 0.1) is 12.4 Å². The van der Waals surface area contributed by atoms with Gasteiger partial charge in [0.2, 0.25) is 5.91 Å². The normalized spacial score (nSPS) is 12.4. The number of amides is 3. The quantitative estimate of drug-likeness (QED) is 0.174. The zero-order chi connectivity index (χ0) is 29.3. The van der Waals surface area contributed by atoms with Crippen LogP contribution in [-0.4, -0.2) is 36.6 Å². The number of carbonyl (C=O) groups is 3. The topological polar surface area (TPSA) is 87.7 Å². The minimum Gasteiger partial charge on any atom is -0.494 e. The summed E-state index contributed by atoms with van der Waals surface area (Å²) in [5, 5.41) is 5.65. The van der Waals surface area contributed by atoms with Gasteiger partial charge in [0, 0.05) is 28.4 Å². The molecule has 0 radical (unpaired) electrons. The molecule has 212 valence electrons. The molecule has 3 amide bonds. The molecule has 0 aliphatic carbocycles. The Morgan fingerprint density at radius 2 is 1.67 bits per heavy atom. The van der Waals surface area contributed by atoms with E-state index in [4.69, 9.17) is 4.74 Å². The monoisotopic (exact) mass is 577 g/mol. The Morgan fingerprint density at radius 1 is 0.905 bits per heavy atom. The zero-order valence-corrected chi connectivity index (χ0v) is 24.0. The fourth-order valence-corrected chi connectivity index (χ4v) is 5.45. The maximum absolute atomic E-state index is 13.4. The highest BCUT2D eigenvalue weighted by molar-refractivity contribution is 8.00. The molecule has 7 nitrogen and oxygen atoms in total. The van der Waals surface area contributed by atoms with E-state index in [1.54, 1.807) is 36.4 Å². The number of ether oxygens (including phenoxy) is 1. The largest absolute Gasteiger partial charge is 0.494 e. The van der Waals surface area contributed by atoms with Crippen LogP contribution in [0.1, 0.15) is 28.4 Å². The summed E-state index contributed by atoms with van der Waals surface area (Å²) in [7, 11) is 0. The van der Waals surface area contributed by atoms with E-state index in [2.05, 4.69) is 16.7 Å². The number of benzene rings is 4. The van der Waals surface area contributed by atoms with E-state index in [1.165, 1.54) is 17.3 Å². The molecule has 0 saturated carbocycles. The number of anilines is 2. The van der Waals surface area contributed by atoms with Crippen LogP contribution in [0.4, 0.5) is 11.4 Å². The van der Waals surface area contributed by atoms with Crippen molar-refractivity contribution in [3.05, 3.63) is 126 Å². The van der Waals surface area contributed by atoms with Gasteiger partial charge in [-0.1, -0.05) is 54.6 Å². The molecule has 0 spiro atoms. The second-order valence-corrected chi connectivity index (χ2v) is 10.6. The van der Waals surface area contributed by atoms with Crippen molar-refractivity contribution in [2.75, 3.05) is 29.1 Å². The number of carbonyl (C=O) groups excluding carboxylic acids is 3. The summed E-state index contributed by atoms with van der Waals surface area (Å²) < 4.78 is 5.51. The van der Waals surface area contributed by atoms with Crippen LogP contribution >= 0.6 is 11.8 Å². The van der Waals surface area contributed by atoms with Crippen LogP contribution in [0.25, 0.3) is 6.08 Å². The predicted octanol–water partition coefficient (Wildman–Crippen LogP) is 6.18. The number of hydrogen-bond donors (Lipinski definition) is 2. The molecule has 4 aromatic carbocycles. The number of thioether (sulfide) groups is 1. The minimum atomic E-state index is -0.472. The van der Waals surface area contributed by atoms with E-state index in [0.29, 0.717) is 24.4 Å². The van der Waals surface area contributed by atoms with Crippen molar-refractivity contribution < 1.29 is 19.1 Å². The van der Waals surface area contributed by atoms with E-state index < -0.39 is 11.8 Å². The number of hydrogen-bond acceptors (Lipinski definition) is 5. The highest BCUT2D eigenvalue weighted by atomic mass is 32.2. The first-order valence-electron chi connectivity index (χ1n) is 13.7.